The molecule has 0 aliphatic rings. The van der Waals surface area contributed by atoms with Crippen LogP contribution in [-0.4, -0.2) is 17.0 Å². The summed E-state index contributed by atoms with van der Waals surface area (Å²) in [6, 6.07) is 5.93. The van der Waals surface area contributed by atoms with Crippen LogP contribution in [0, 0.1) is 11.6 Å². The van der Waals surface area contributed by atoms with Crippen molar-refractivity contribution in [3.05, 3.63) is 53.2 Å². The lowest BCUT2D eigenvalue weighted by Crippen LogP contribution is -2.30. The number of rotatable bonds is 4. The minimum Gasteiger partial charge on any atom is -0.478 e. The number of carbonyl (C=O) groups is 1. The number of nitrogens with zero attached hydrogens (tertiary/aromatic N) is 1. The molecule has 0 bridgehead atoms. The van der Waals surface area contributed by atoms with Crippen molar-refractivity contribution in [3.8, 4) is 5.75 Å². The number of hydrogen-bond donors (Lipinski definition) is 1. The van der Waals surface area contributed by atoms with Gasteiger partial charge in [-0.1, -0.05) is 11.6 Å². The van der Waals surface area contributed by atoms with Gasteiger partial charge in [-0.05, 0) is 31.2 Å². The van der Waals surface area contributed by atoms with E-state index in [0.29, 0.717) is 16.9 Å². The molecule has 1 amide bonds. The van der Waals surface area contributed by atoms with Crippen LogP contribution < -0.4 is 10.1 Å². The summed E-state index contributed by atoms with van der Waals surface area (Å²) in [6.07, 6.45) is 0.393. The highest BCUT2D eigenvalue weighted by atomic mass is 35.5. The predicted octanol–water partition coefficient (Wildman–Crippen LogP) is 3.42. The molecule has 21 heavy (non-hydrogen) atoms. The summed E-state index contributed by atoms with van der Waals surface area (Å²) >= 11 is 5.68. The largest absolute Gasteiger partial charge is 0.478 e. The molecule has 0 fully saturated rings. The Morgan fingerprint density at radius 1 is 1.33 bits per heavy atom. The fraction of sp³-hybridized carbons (Fsp3) is 0.143. The SMILES string of the molecule is C[C@H](Oc1ccc(F)cc1F)C(=O)Nc1ccc(Cl)cn1. The zero-order valence-corrected chi connectivity index (χ0v) is 11.7. The molecule has 1 atom stereocenters. The maximum atomic E-state index is 13.4. The summed E-state index contributed by atoms with van der Waals surface area (Å²) in [5, 5.41) is 2.93. The Labute approximate surface area is 124 Å². The van der Waals surface area contributed by atoms with Gasteiger partial charge < -0.3 is 10.1 Å². The maximum absolute atomic E-state index is 13.4. The molecule has 1 N–H and O–H groups in total. The quantitative estimate of drug-likeness (QED) is 0.941. The van der Waals surface area contributed by atoms with E-state index >= 15 is 0 Å². The fourth-order valence-electron chi connectivity index (χ4n) is 1.49. The molecule has 0 spiro atoms. The molecule has 0 unspecified atom stereocenters. The van der Waals surface area contributed by atoms with Crippen molar-refractivity contribution < 1.29 is 18.3 Å². The average Bonchev–Trinajstić information content (AvgIpc) is 2.44. The molecule has 2 aromatic rings. The maximum Gasteiger partial charge on any atom is 0.266 e. The van der Waals surface area contributed by atoms with Crippen molar-refractivity contribution >= 4 is 23.3 Å². The van der Waals surface area contributed by atoms with Gasteiger partial charge >= 0.3 is 0 Å². The van der Waals surface area contributed by atoms with Crippen LogP contribution in [0.5, 0.6) is 5.75 Å². The van der Waals surface area contributed by atoms with E-state index in [4.69, 9.17) is 16.3 Å². The van der Waals surface area contributed by atoms with Crippen LogP contribution in [0.3, 0.4) is 0 Å². The van der Waals surface area contributed by atoms with E-state index in [2.05, 4.69) is 10.3 Å². The molecule has 0 aliphatic carbocycles. The van der Waals surface area contributed by atoms with Gasteiger partial charge in [0, 0.05) is 12.3 Å². The summed E-state index contributed by atoms with van der Waals surface area (Å²) in [6.45, 7) is 1.44. The van der Waals surface area contributed by atoms with Gasteiger partial charge in [0.2, 0.25) is 0 Å². The zero-order valence-electron chi connectivity index (χ0n) is 10.9. The van der Waals surface area contributed by atoms with Gasteiger partial charge in [0.05, 0.1) is 5.02 Å². The van der Waals surface area contributed by atoms with Crippen LogP contribution in [0.2, 0.25) is 5.02 Å². The summed E-state index contributed by atoms with van der Waals surface area (Å²) in [5.41, 5.74) is 0. The molecule has 0 saturated carbocycles. The standard InChI is InChI=1S/C14H11ClF2N2O2/c1-8(21-12-4-3-10(16)6-11(12)17)14(20)19-13-5-2-9(15)7-18-13/h2-8H,1H3,(H,18,19,20)/t8-/m0/s1. The minimum absolute atomic E-state index is 0.205. The van der Waals surface area contributed by atoms with Crippen LogP contribution in [0.1, 0.15) is 6.92 Å². The van der Waals surface area contributed by atoms with Gasteiger partial charge in [-0.2, -0.15) is 0 Å². The highest BCUT2D eigenvalue weighted by Gasteiger charge is 2.17. The molecular formula is C14H11ClF2N2O2. The lowest BCUT2D eigenvalue weighted by molar-refractivity contribution is -0.122. The monoisotopic (exact) mass is 312 g/mol. The Balaban J connectivity index is 2.00. The molecule has 0 radical (unpaired) electrons. The first-order chi connectivity index (χ1) is 9.95. The normalized spacial score (nSPS) is 11.8. The van der Waals surface area contributed by atoms with Crippen molar-refractivity contribution in [3.63, 3.8) is 0 Å². The lowest BCUT2D eigenvalue weighted by Gasteiger charge is -2.14. The van der Waals surface area contributed by atoms with Gasteiger partial charge in [-0.25, -0.2) is 13.8 Å². The van der Waals surface area contributed by atoms with Crippen molar-refractivity contribution in [2.24, 2.45) is 0 Å². The Bertz CT molecular complexity index is 650. The van der Waals surface area contributed by atoms with Gasteiger partial charge in [0.15, 0.2) is 17.7 Å². The molecular weight excluding hydrogens is 302 g/mol. The van der Waals surface area contributed by atoms with E-state index < -0.39 is 23.6 Å². The van der Waals surface area contributed by atoms with Crippen molar-refractivity contribution in [1.82, 2.24) is 4.98 Å². The molecule has 110 valence electrons. The fourth-order valence-corrected chi connectivity index (χ4v) is 1.60. The van der Waals surface area contributed by atoms with Crippen LogP contribution in [-0.2, 0) is 4.79 Å². The van der Waals surface area contributed by atoms with Gasteiger partial charge in [0.1, 0.15) is 11.6 Å². The van der Waals surface area contributed by atoms with Crippen molar-refractivity contribution in [1.29, 1.82) is 0 Å². The third-order valence-electron chi connectivity index (χ3n) is 2.55. The third kappa shape index (κ3) is 4.13. The molecule has 0 saturated heterocycles. The number of halogens is 3. The Kier molecular flexibility index (Phi) is 4.70. The molecule has 1 aromatic carbocycles. The number of anilines is 1. The Morgan fingerprint density at radius 2 is 2.10 bits per heavy atom. The van der Waals surface area contributed by atoms with E-state index in [1.165, 1.54) is 19.2 Å². The van der Waals surface area contributed by atoms with E-state index in [1.807, 2.05) is 0 Å². The Morgan fingerprint density at radius 3 is 2.71 bits per heavy atom. The number of nitrogens with one attached hydrogen (secondary N) is 1. The molecule has 2 rings (SSSR count). The highest BCUT2D eigenvalue weighted by molar-refractivity contribution is 6.30. The predicted molar refractivity (Wildman–Crippen MR) is 74.3 cm³/mol. The first kappa shape index (κ1) is 15.2. The van der Waals surface area contributed by atoms with Crippen LogP contribution >= 0.6 is 11.6 Å². The first-order valence-electron chi connectivity index (χ1n) is 6.00. The molecule has 0 aliphatic heterocycles. The third-order valence-corrected chi connectivity index (χ3v) is 2.77. The number of carbonyl (C=O) groups excluding carboxylic acids is 1. The van der Waals surface area contributed by atoms with Crippen LogP contribution in [0.25, 0.3) is 0 Å². The summed E-state index contributed by atoms with van der Waals surface area (Å²) in [4.78, 5) is 15.8. The number of hydrogen-bond acceptors (Lipinski definition) is 3. The number of benzene rings is 1. The molecule has 4 nitrogen and oxygen atoms in total. The summed E-state index contributed by atoms with van der Waals surface area (Å²) in [7, 11) is 0. The second-order valence-electron chi connectivity index (χ2n) is 4.19. The molecule has 1 heterocycles. The first-order valence-corrected chi connectivity index (χ1v) is 6.37. The average molecular weight is 313 g/mol. The summed E-state index contributed by atoms with van der Waals surface area (Å²) < 4.78 is 31.3. The number of ether oxygens (including phenoxy) is 1. The van der Waals surface area contributed by atoms with Gasteiger partial charge in [-0.15, -0.1) is 0 Å². The van der Waals surface area contributed by atoms with E-state index in [9.17, 15) is 13.6 Å². The number of amides is 1. The Hall–Kier alpha value is -2.21. The molecule has 7 heteroatoms. The van der Waals surface area contributed by atoms with Crippen LogP contribution in [0.4, 0.5) is 14.6 Å². The van der Waals surface area contributed by atoms with Crippen molar-refractivity contribution in [2.45, 2.75) is 13.0 Å². The second kappa shape index (κ2) is 6.49. The molecule has 1 aromatic heterocycles. The minimum atomic E-state index is -0.984. The topological polar surface area (TPSA) is 51.2 Å². The van der Waals surface area contributed by atoms with E-state index in [1.54, 1.807) is 6.07 Å². The zero-order chi connectivity index (χ0) is 15.4. The van der Waals surface area contributed by atoms with Gasteiger partial charge in [-0.3, -0.25) is 4.79 Å². The summed E-state index contributed by atoms with van der Waals surface area (Å²) in [5.74, 6) is -2.03. The van der Waals surface area contributed by atoms with Crippen molar-refractivity contribution in [2.75, 3.05) is 5.32 Å². The number of aromatic nitrogens is 1. The van der Waals surface area contributed by atoms with E-state index in [-0.39, 0.29) is 5.75 Å². The lowest BCUT2D eigenvalue weighted by atomic mass is 10.3. The second-order valence-corrected chi connectivity index (χ2v) is 4.62. The van der Waals surface area contributed by atoms with E-state index in [0.717, 1.165) is 12.1 Å². The number of pyridine rings is 1. The highest BCUT2D eigenvalue weighted by Crippen LogP contribution is 2.19. The smallest absolute Gasteiger partial charge is 0.266 e. The van der Waals surface area contributed by atoms with Crippen LogP contribution in [0.15, 0.2) is 36.5 Å². The van der Waals surface area contributed by atoms with Gasteiger partial charge in [0.25, 0.3) is 5.91 Å².